The summed E-state index contributed by atoms with van der Waals surface area (Å²) in [5.74, 6) is -0.284. The predicted molar refractivity (Wildman–Crippen MR) is 92.5 cm³/mol. The Labute approximate surface area is 138 Å². The van der Waals surface area contributed by atoms with Gasteiger partial charge in [-0.1, -0.05) is 49.4 Å². The first kappa shape index (κ1) is 17.2. The molecule has 0 heterocycles. The summed E-state index contributed by atoms with van der Waals surface area (Å²) in [6.45, 7) is 5.13. The molecule has 0 bridgehead atoms. The van der Waals surface area contributed by atoms with E-state index in [9.17, 15) is 4.79 Å². The molecule has 23 heavy (non-hydrogen) atoms. The fraction of sp³-hybridized carbons (Fsp3) is 0.350. The second-order valence-electron chi connectivity index (χ2n) is 5.52. The quantitative estimate of drug-likeness (QED) is 0.523. The SMILES string of the molecule is CCC(C)OCCCOC(=O)c1ccc(-c2ccccc2)cc1. The molecule has 0 fully saturated rings. The molecule has 0 radical (unpaired) electrons. The third-order valence-electron chi connectivity index (χ3n) is 3.73. The lowest BCUT2D eigenvalue weighted by molar-refractivity contribution is 0.0332. The summed E-state index contributed by atoms with van der Waals surface area (Å²) in [5, 5.41) is 0. The molecule has 0 N–H and O–H groups in total. The van der Waals surface area contributed by atoms with Crippen LogP contribution in [0.1, 0.15) is 37.0 Å². The standard InChI is InChI=1S/C20H24O3/c1-3-16(2)22-14-7-15-23-20(21)19-12-10-18(11-13-19)17-8-5-4-6-9-17/h4-6,8-13,16H,3,7,14-15H2,1-2H3. The number of esters is 1. The second kappa shape index (κ2) is 9.11. The van der Waals surface area contributed by atoms with Crippen molar-refractivity contribution < 1.29 is 14.3 Å². The fourth-order valence-corrected chi connectivity index (χ4v) is 2.14. The molecule has 2 aromatic rings. The van der Waals surface area contributed by atoms with E-state index in [2.05, 4.69) is 6.92 Å². The van der Waals surface area contributed by atoms with Crippen LogP contribution in [0, 0.1) is 0 Å². The van der Waals surface area contributed by atoms with Gasteiger partial charge in [0.1, 0.15) is 0 Å². The summed E-state index contributed by atoms with van der Waals surface area (Å²) in [5.41, 5.74) is 2.80. The first-order valence-corrected chi connectivity index (χ1v) is 8.15. The summed E-state index contributed by atoms with van der Waals surface area (Å²) in [6, 6.07) is 17.6. The lowest BCUT2D eigenvalue weighted by atomic mass is 10.0. The van der Waals surface area contributed by atoms with Crippen LogP contribution >= 0.6 is 0 Å². The third kappa shape index (κ3) is 5.53. The van der Waals surface area contributed by atoms with E-state index in [-0.39, 0.29) is 12.1 Å². The van der Waals surface area contributed by atoms with Crippen LogP contribution in [0.25, 0.3) is 11.1 Å². The van der Waals surface area contributed by atoms with E-state index in [0.717, 1.165) is 24.0 Å². The largest absolute Gasteiger partial charge is 0.462 e. The van der Waals surface area contributed by atoms with Gasteiger partial charge in [-0.3, -0.25) is 0 Å². The Morgan fingerprint density at radius 1 is 0.957 bits per heavy atom. The molecule has 0 aliphatic rings. The Bertz CT molecular complexity index is 590. The van der Waals surface area contributed by atoms with E-state index in [1.165, 1.54) is 0 Å². The number of hydrogen-bond donors (Lipinski definition) is 0. The van der Waals surface area contributed by atoms with Crippen molar-refractivity contribution in [2.75, 3.05) is 13.2 Å². The van der Waals surface area contributed by atoms with Gasteiger partial charge in [-0.05, 0) is 36.6 Å². The van der Waals surface area contributed by atoms with Crippen molar-refractivity contribution in [2.45, 2.75) is 32.8 Å². The van der Waals surface area contributed by atoms with Gasteiger partial charge in [-0.15, -0.1) is 0 Å². The van der Waals surface area contributed by atoms with Gasteiger partial charge in [0.05, 0.1) is 24.9 Å². The lowest BCUT2D eigenvalue weighted by Crippen LogP contribution is -2.11. The maximum Gasteiger partial charge on any atom is 0.338 e. The number of benzene rings is 2. The lowest BCUT2D eigenvalue weighted by Gasteiger charge is -2.10. The highest BCUT2D eigenvalue weighted by molar-refractivity contribution is 5.90. The molecule has 1 unspecified atom stereocenters. The van der Waals surface area contributed by atoms with Gasteiger partial charge in [0.25, 0.3) is 0 Å². The van der Waals surface area contributed by atoms with Crippen molar-refractivity contribution in [1.82, 2.24) is 0 Å². The minimum Gasteiger partial charge on any atom is -0.462 e. The normalized spacial score (nSPS) is 11.9. The zero-order valence-corrected chi connectivity index (χ0v) is 13.8. The molecule has 0 saturated carbocycles. The molecule has 2 rings (SSSR count). The Hall–Kier alpha value is -2.13. The average Bonchev–Trinajstić information content (AvgIpc) is 2.62. The van der Waals surface area contributed by atoms with Crippen molar-refractivity contribution in [3.8, 4) is 11.1 Å². The Balaban J connectivity index is 1.79. The van der Waals surface area contributed by atoms with E-state index < -0.39 is 0 Å². The van der Waals surface area contributed by atoms with Crippen LogP contribution in [0.3, 0.4) is 0 Å². The van der Waals surface area contributed by atoms with Crippen molar-refractivity contribution in [2.24, 2.45) is 0 Å². The highest BCUT2D eigenvalue weighted by Crippen LogP contribution is 2.19. The highest BCUT2D eigenvalue weighted by atomic mass is 16.5. The molecular weight excluding hydrogens is 288 g/mol. The predicted octanol–water partition coefficient (Wildman–Crippen LogP) is 4.72. The van der Waals surface area contributed by atoms with Crippen LogP contribution in [0.5, 0.6) is 0 Å². The molecule has 2 aromatic carbocycles. The molecular formula is C20H24O3. The van der Waals surface area contributed by atoms with E-state index in [4.69, 9.17) is 9.47 Å². The maximum absolute atomic E-state index is 12.0. The Morgan fingerprint density at radius 2 is 1.61 bits per heavy atom. The number of carbonyl (C=O) groups excluding carboxylic acids is 1. The van der Waals surface area contributed by atoms with Gasteiger partial charge in [0.15, 0.2) is 0 Å². The van der Waals surface area contributed by atoms with E-state index in [1.54, 1.807) is 12.1 Å². The topological polar surface area (TPSA) is 35.5 Å². The molecule has 0 spiro atoms. The second-order valence-corrected chi connectivity index (χ2v) is 5.52. The molecule has 0 amide bonds. The van der Waals surface area contributed by atoms with Gasteiger partial charge in [-0.2, -0.15) is 0 Å². The monoisotopic (exact) mass is 312 g/mol. The number of ether oxygens (including phenoxy) is 2. The minimum atomic E-state index is -0.284. The van der Waals surface area contributed by atoms with Crippen LogP contribution < -0.4 is 0 Å². The zero-order chi connectivity index (χ0) is 16.5. The van der Waals surface area contributed by atoms with Crippen LogP contribution in [0.2, 0.25) is 0 Å². The Kier molecular flexibility index (Phi) is 6.82. The number of carbonyl (C=O) groups is 1. The zero-order valence-electron chi connectivity index (χ0n) is 13.8. The minimum absolute atomic E-state index is 0.260. The van der Waals surface area contributed by atoms with Crippen molar-refractivity contribution in [1.29, 1.82) is 0 Å². The average molecular weight is 312 g/mol. The van der Waals surface area contributed by atoms with E-state index in [1.807, 2.05) is 49.4 Å². The summed E-state index contributed by atoms with van der Waals surface area (Å²) in [6.07, 6.45) is 1.97. The first-order valence-electron chi connectivity index (χ1n) is 8.15. The van der Waals surface area contributed by atoms with Crippen molar-refractivity contribution >= 4 is 5.97 Å². The molecule has 122 valence electrons. The van der Waals surface area contributed by atoms with E-state index >= 15 is 0 Å². The summed E-state index contributed by atoms with van der Waals surface area (Å²) < 4.78 is 10.8. The molecule has 0 aliphatic carbocycles. The van der Waals surface area contributed by atoms with Crippen LogP contribution in [0.15, 0.2) is 54.6 Å². The smallest absolute Gasteiger partial charge is 0.338 e. The molecule has 0 saturated heterocycles. The molecule has 0 aromatic heterocycles. The van der Waals surface area contributed by atoms with Gasteiger partial charge >= 0.3 is 5.97 Å². The van der Waals surface area contributed by atoms with Crippen LogP contribution in [-0.2, 0) is 9.47 Å². The van der Waals surface area contributed by atoms with Gasteiger partial charge < -0.3 is 9.47 Å². The molecule has 3 heteroatoms. The van der Waals surface area contributed by atoms with Crippen molar-refractivity contribution in [3.63, 3.8) is 0 Å². The number of rotatable bonds is 8. The third-order valence-corrected chi connectivity index (χ3v) is 3.73. The summed E-state index contributed by atoms with van der Waals surface area (Å²) >= 11 is 0. The summed E-state index contributed by atoms with van der Waals surface area (Å²) in [7, 11) is 0. The Morgan fingerprint density at radius 3 is 2.26 bits per heavy atom. The highest BCUT2D eigenvalue weighted by Gasteiger charge is 2.07. The van der Waals surface area contributed by atoms with Gasteiger partial charge in [-0.25, -0.2) is 4.79 Å². The fourth-order valence-electron chi connectivity index (χ4n) is 2.14. The van der Waals surface area contributed by atoms with Gasteiger partial charge in [0, 0.05) is 6.42 Å². The van der Waals surface area contributed by atoms with Crippen molar-refractivity contribution in [3.05, 3.63) is 60.2 Å². The first-order chi connectivity index (χ1) is 11.2. The van der Waals surface area contributed by atoms with E-state index in [0.29, 0.717) is 18.8 Å². The molecule has 3 nitrogen and oxygen atoms in total. The van der Waals surface area contributed by atoms with Crippen LogP contribution in [-0.4, -0.2) is 25.3 Å². The maximum atomic E-state index is 12.0. The number of hydrogen-bond acceptors (Lipinski definition) is 3. The van der Waals surface area contributed by atoms with Gasteiger partial charge in [0.2, 0.25) is 0 Å². The molecule has 1 atom stereocenters. The summed E-state index contributed by atoms with van der Waals surface area (Å²) in [4.78, 5) is 12.0. The van der Waals surface area contributed by atoms with Crippen LogP contribution in [0.4, 0.5) is 0 Å². The molecule has 0 aliphatic heterocycles.